The minimum atomic E-state index is -1.94. The molecule has 0 bridgehead atoms. The quantitative estimate of drug-likeness (QED) is 0.825. The van der Waals surface area contributed by atoms with Crippen molar-refractivity contribution in [3.8, 4) is 0 Å². The lowest BCUT2D eigenvalue weighted by Crippen LogP contribution is -2.43. The van der Waals surface area contributed by atoms with Gasteiger partial charge in [0.2, 0.25) is 0 Å². The SMILES string of the molecule is Cc1cn(C[C@]2(F)C[C@]2(C)CO[Si](C)(C)C(C)(C)C)c(=O)[nH]c1=O. The third-order valence-corrected chi connectivity index (χ3v) is 10.3. The van der Waals surface area contributed by atoms with Crippen LogP contribution in [-0.4, -0.2) is 30.1 Å². The molecule has 0 radical (unpaired) electrons. The van der Waals surface area contributed by atoms with Gasteiger partial charge in [-0.3, -0.25) is 14.3 Å². The van der Waals surface area contributed by atoms with Crippen LogP contribution in [0.25, 0.3) is 0 Å². The summed E-state index contributed by atoms with van der Waals surface area (Å²) in [5.41, 5.74) is -2.67. The Labute approximate surface area is 143 Å². The van der Waals surface area contributed by atoms with E-state index in [1.54, 1.807) is 6.92 Å². The fraction of sp³-hybridized carbons (Fsp3) is 0.765. The maximum atomic E-state index is 15.2. The number of nitrogens with one attached hydrogen (secondary N) is 1. The van der Waals surface area contributed by atoms with Crippen LogP contribution in [-0.2, 0) is 11.0 Å². The van der Waals surface area contributed by atoms with Crippen LogP contribution in [0.1, 0.15) is 39.7 Å². The average molecular weight is 357 g/mol. The number of hydrogen-bond donors (Lipinski definition) is 1. The van der Waals surface area contributed by atoms with Crippen molar-refractivity contribution in [1.29, 1.82) is 0 Å². The summed E-state index contributed by atoms with van der Waals surface area (Å²) in [6.07, 6.45) is 1.79. The van der Waals surface area contributed by atoms with Crippen molar-refractivity contribution in [3.63, 3.8) is 0 Å². The number of H-pyrrole nitrogens is 1. The van der Waals surface area contributed by atoms with Crippen molar-refractivity contribution < 1.29 is 8.82 Å². The van der Waals surface area contributed by atoms with Gasteiger partial charge < -0.3 is 4.43 Å². The monoisotopic (exact) mass is 356 g/mol. The molecule has 0 aliphatic heterocycles. The van der Waals surface area contributed by atoms with Crippen LogP contribution in [0.3, 0.4) is 0 Å². The summed E-state index contributed by atoms with van der Waals surface area (Å²) < 4.78 is 22.6. The lowest BCUT2D eigenvalue weighted by atomic mass is 10.1. The van der Waals surface area contributed by atoms with Gasteiger partial charge in [0.25, 0.3) is 5.56 Å². The van der Waals surface area contributed by atoms with Gasteiger partial charge in [-0.2, -0.15) is 0 Å². The van der Waals surface area contributed by atoms with Gasteiger partial charge in [0.05, 0.1) is 6.54 Å². The van der Waals surface area contributed by atoms with E-state index in [1.165, 1.54) is 10.8 Å². The van der Waals surface area contributed by atoms with Crippen molar-refractivity contribution in [1.82, 2.24) is 9.55 Å². The molecule has 2 rings (SSSR count). The molecular weight excluding hydrogens is 327 g/mol. The molecule has 7 heteroatoms. The van der Waals surface area contributed by atoms with Gasteiger partial charge in [-0.1, -0.05) is 27.7 Å². The Hall–Kier alpha value is -1.21. The molecule has 0 amide bonds. The van der Waals surface area contributed by atoms with Crippen molar-refractivity contribution >= 4 is 8.32 Å². The fourth-order valence-corrected chi connectivity index (χ4v) is 3.68. The predicted octanol–water partition coefficient (Wildman–Crippen LogP) is 2.99. The number of aryl methyl sites for hydroxylation is 1. The molecule has 1 saturated carbocycles. The molecule has 1 aromatic rings. The van der Waals surface area contributed by atoms with Crippen molar-refractivity contribution in [2.75, 3.05) is 6.61 Å². The van der Waals surface area contributed by atoms with Crippen LogP contribution in [0.2, 0.25) is 18.1 Å². The number of halogens is 1. The minimum absolute atomic E-state index is 0.0547. The summed E-state index contributed by atoms with van der Waals surface area (Å²) >= 11 is 0. The summed E-state index contributed by atoms with van der Waals surface area (Å²) in [6.45, 7) is 14.5. The number of rotatable bonds is 5. The van der Waals surface area contributed by atoms with Gasteiger partial charge in [-0.25, -0.2) is 9.18 Å². The first-order valence-corrected chi connectivity index (χ1v) is 11.2. The van der Waals surface area contributed by atoms with Gasteiger partial charge in [0.1, 0.15) is 5.67 Å². The van der Waals surface area contributed by atoms with E-state index in [0.29, 0.717) is 18.6 Å². The lowest BCUT2D eigenvalue weighted by Gasteiger charge is -2.37. The topological polar surface area (TPSA) is 64.1 Å². The van der Waals surface area contributed by atoms with Crippen molar-refractivity contribution in [2.45, 2.75) is 71.4 Å². The van der Waals surface area contributed by atoms with Crippen LogP contribution < -0.4 is 11.2 Å². The third-order valence-electron chi connectivity index (χ3n) is 5.79. The molecular formula is C17H29FN2O3Si. The smallest absolute Gasteiger partial charge is 0.328 e. The van der Waals surface area contributed by atoms with Crippen LogP contribution in [0.4, 0.5) is 4.39 Å². The molecule has 1 fully saturated rings. The summed E-state index contributed by atoms with van der Waals surface area (Å²) in [7, 11) is -1.94. The number of aromatic amines is 1. The molecule has 2 atom stereocenters. The maximum absolute atomic E-state index is 15.2. The Balaban J connectivity index is 2.11. The Bertz CT molecular complexity index is 749. The summed E-state index contributed by atoms with van der Waals surface area (Å²) in [4.78, 5) is 25.5. The van der Waals surface area contributed by atoms with E-state index < -0.39 is 30.7 Å². The minimum Gasteiger partial charge on any atom is -0.416 e. The van der Waals surface area contributed by atoms with Crippen LogP contribution in [0, 0.1) is 12.3 Å². The van der Waals surface area contributed by atoms with Crippen molar-refractivity contribution in [3.05, 3.63) is 32.6 Å². The maximum Gasteiger partial charge on any atom is 0.328 e. The van der Waals surface area contributed by atoms with Crippen LogP contribution in [0.5, 0.6) is 0 Å². The molecule has 0 saturated heterocycles. The molecule has 1 aliphatic rings. The number of hydrogen-bond acceptors (Lipinski definition) is 3. The number of nitrogens with zero attached hydrogens (tertiary/aromatic N) is 1. The van der Waals surface area contributed by atoms with Gasteiger partial charge in [0, 0.05) is 23.8 Å². The predicted molar refractivity (Wildman–Crippen MR) is 95.8 cm³/mol. The van der Waals surface area contributed by atoms with E-state index in [4.69, 9.17) is 4.43 Å². The zero-order valence-electron chi connectivity index (χ0n) is 15.7. The molecule has 1 heterocycles. The first-order valence-electron chi connectivity index (χ1n) is 8.34. The van der Waals surface area contributed by atoms with Crippen LogP contribution >= 0.6 is 0 Å². The Morgan fingerprint density at radius 2 is 1.96 bits per heavy atom. The first-order chi connectivity index (χ1) is 10.7. The van der Waals surface area contributed by atoms with Gasteiger partial charge in [-0.05, 0) is 31.5 Å². The number of aromatic nitrogens is 2. The van der Waals surface area contributed by atoms with E-state index in [0.717, 1.165) is 0 Å². The standard InChI is InChI=1S/C17H29FN2O3Si/c1-12-8-20(14(22)19-13(12)21)10-17(18)9-16(17,5)11-23-24(6,7)15(2,3)4/h8H,9-11H2,1-7H3,(H,19,21,22)/t16-,17-/m1/s1. The average Bonchev–Trinajstić information content (AvgIpc) is 2.95. The summed E-state index contributed by atoms with van der Waals surface area (Å²) in [5, 5.41) is 0.0736. The normalized spacial score (nSPS) is 27.3. The van der Waals surface area contributed by atoms with E-state index in [9.17, 15) is 9.59 Å². The molecule has 1 aromatic heterocycles. The van der Waals surface area contributed by atoms with E-state index in [1.807, 2.05) is 6.92 Å². The van der Waals surface area contributed by atoms with E-state index in [-0.39, 0.29) is 11.6 Å². The second-order valence-corrected chi connectivity index (χ2v) is 13.8. The second-order valence-electron chi connectivity index (χ2n) is 8.95. The highest BCUT2D eigenvalue weighted by atomic mass is 28.4. The largest absolute Gasteiger partial charge is 0.416 e. The molecule has 1 N–H and O–H groups in total. The van der Waals surface area contributed by atoms with Gasteiger partial charge in [0.15, 0.2) is 8.32 Å². The summed E-state index contributed by atoms with van der Waals surface area (Å²) in [5.74, 6) is 0. The van der Waals surface area contributed by atoms with E-state index >= 15 is 4.39 Å². The van der Waals surface area contributed by atoms with Gasteiger partial charge >= 0.3 is 5.69 Å². The number of alkyl halides is 1. The molecule has 1 aliphatic carbocycles. The van der Waals surface area contributed by atoms with Crippen LogP contribution in [0.15, 0.2) is 15.8 Å². The highest BCUT2D eigenvalue weighted by molar-refractivity contribution is 6.74. The Kier molecular flexibility index (Phi) is 4.51. The second kappa shape index (κ2) is 5.66. The molecule has 136 valence electrons. The molecule has 24 heavy (non-hydrogen) atoms. The third kappa shape index (κ3) is 3.42. The highest BCUT2D eigenvalue weighted by Gasteiger charge is 2.66. The fourth-order valence-electron chi connectivity index (χ4n) is 2.56. The van der Waals surface area contributed by atoms with Gasteiger partial charge in [-0.15, -0.1) is 0 Å². The zero-order chi connectivity index (χ0) is 18.6. The molecule has 5 nitrogen and oxygen atoms in total. The molecule has 0 spiro atoms. The van der Waals surface area contributed by atoms with E-state index in [2.05, 4.69) is 38.8 Å². The Morgan fingerprint density at radius 3 is 2.50 bits per heavy atom. The lowest BCUT2D eigenvalue weighted by molar-refractivity contribution is 0.140. The molecule has 0 aromatic carbocycles. The van der Waals surface area contributed by atoms with Crippen molar-refractivity contribution in [2.24, 2.45) is 5.41 Å². The zero-order valence-corrected chi connectivity index (χ0v) is 16.7. The summed E-state index contributed by atoms with van der Waals surface area (Å²) in [6, 6.07) is 0. The first kappa shape index (κ1) is 19.1. The Morgan fingerprint density at radius 1 is 1.38 bits per heavy atom. The highest BCUT2D eigenvalue weighted by Crippen LogP contribution is 2.60. The molecule has 0 unspecified atom stereocenters.